The fourth-order valence-electron chi connectivity index (χ4n) is 2.03. The van der Waals surface area contributed by atoms with Crippen molar-refractivity contribution in [3.8, 4) is 0 Å². The molecule has 6 nitrogen and oxygen atoms in total. The van der Waals surface area contributed by atoms with Crippen LogP contribution in [0.25, 0.3) is 0 Å². The number of tetrazole rings is 1. The molecular weight excluding hydrogens is 206 g/mol. The first-order valence-corrected chi connectivity index (χ1v) is 5.61. The summed E-state index contributed by atoms with van der Waals surface area (Å²) in [4.78, 5) is 13.5. The van der Waals surface area contributed by atoms with Gasteiger partial charge in [-0.15, -0.1) is 10.2 Å². The van der Waals surface area contributed by atoms with Crippen LogP contribution >= 0.6 is 0 Å². The first-order chi connectivity index (χ1) is 7.60. The zero-order valence-corrected chi connectivity index (χ0v) is 9.73. The Labute approximate surface area is 94.4 Å². The summed E-state index contributed by atoms with van der Waals surface area (Å²) in [5.41, 5.74) is -0.405. The second kappa shape index (κ2) is 4.29. The van der Waals surface area contributed by atoms with Crippen molar-refractivity contribution in [2.45, 2.75) is 38.1 Å². The quantitative estimate of drug-likeness (QED) is 0.771. The average molecular weight is 223 g/mol. The van der Waals surface area contributed by atoms with Gasteiger partial charge in [0.05, 0.1) is 19.0 Å². The molecule has 1 N–H and O–H groups in total. The summed E-state index contributed by atoms with van der Waals surface area (Å²) in [6, 6.07) is 0. The van der Waals surface area contributed by atoms with E-state index in [9.17, 15) is 4.79 Å². The van der Waals surface area contributed by atoms with E-state index in [1.54, 1.807) is 7.05 Å². The summed E-state index contributed by atoms with van der Waals surface area (Å²) >= 11 is 0. The molecule has 16 heavy (non-hydrogen) atoms. The molecule has 0 aliphatic carbocycles. The topological polar surface area (TPSA) is 72.7 Å². The van der Waals surface area contributed by atoms with Crippen molar-refractivity contribution in [1.82, 2.24) is 25.5 Å². The third kappa shape index (κ3) is 2.27. The lowest BCUT2D eigenvalue weighted by Gasteiger charge is -2.33. The smallest absolute Gasteiger partial charge is 0.182 e. The van der Waals surface area contributed by atoms with Gasteiger partial charge in [-0.25, -0.2) is 0 Å². The minimum Gasteiger partial charge on any atom is -0.305 e. The molecule has 1 atom stereocenters. The molecule has 0 radical (unpaired) electrons. The number of piperidine rings is 1. The number of hydrogen-bond donors (Lipinski definition) is 1. The summed E-state index contributed by atoms with van der Waals surface area (Å²) in [6.45, 7) is 2.88. The van der Waals surface area contributed by atoms with Gasteiger partial charge in [0.2, 0.25) is 0 Å². The standard InChI is InChI=1S/C10H17N5O/c1-10(5-3-4-6-11-10)8(16)7-9-12-14-15(2)13-9/h11H,3-7H2,1-2H3. The number of carbonyl (C=O) groups is 1. The molecule has 6 heteroatoms. The number of nitrogens with one attached hydrogen (secondary N) is 1. The van der Waals surface area contributed by atoms with Crippen LogP contribution in [0, 0.1) is 0 Å². The molecule has 1 aromatic rings. The van der Waals surface area contributed by atoms with E-state index >= 15 is 0 Å². The zero-order valence-electron chi connectivity index (χ0n) is 9.73. The van der Waals surface area contributed by atoms with Crippen molar-refractivity contribution in [2.75, 3.05) is 6.54 Å². The summed E-state index contributed by atoms with van der Waals surface area (Å²) in [7, 11) is 1.70. The molecule has 0 amide bonds. The highest BCUT2D eigenvalue weighted by molar-refractivity contribution is 5.89. The lowest BCUT2D eigenvalue weighted by molar-refractivity contribution is -0.125. The van der Waals surface area contributed by atoms with Crippen LogP contribution in [-0.4, -0.2) is 38.1 Å². The number of carbonyl (C=O) groups excluding carboxylic acids is 1. The second-order valence-corrected chi connectivity index (χ2v) is 4.51. The van der Waals surface area contributed by atoms with Gasteiger partial charge in [0.1, 0.15) is 0 Å². The van der Waals surface area contributed by atoms with E-state index in [1.807, 2.05) is 6.92 Å². The van der Waals surface area contributed by atoms with E-state index in [4.69, 9.17) is 0 Å². The van der Waals surface area contributed by atoms with Crippen LogP contribution in [0.5, 0.6) is 0 Å². The molecule has 1 aliphatic rings. The molecule has 1 aromatic heterocycles. The first-order valence-electron chi connectivity index (χ1n) is 5.61. The number of aryl methyl sites for hydroxylation is 1. The largest absolute Gasteiger partial charge is 0.305 e. The molecule has 0 saturated carbocycles. The number of aromatic nitrogens is 4. The molecule has 1 saturated heterocycles. The summed E-state index contributed by atoms with van der Waals surface area (Å²) in [5, 5.41) is 14.9. The number of ketones is 1. The van der Waals surface area contributed by atoms with Crippen molar-refractivity contribution >= 4 is 5.78 Å². The van der Waals surface area contributed by atoms with Crippen molar-refractivity contribution in [3.63, 3.8) is 0 Å². The number of hydrogen-bond acceptors (Lipinski definition) is 5. The Balaban J connectivity index is 2.01. The SMILES string of the molecule is Cn1nnc(CC(=O)C2(C)CCCCN2)n1. The van der Waals surface area contributed by atoms with E-state index in [1.165, 1.54) is 4.80 Å². The maximum atomic E-state index is 12.1. The third-order valence-electron chi connectivity index (χ3n) is 3.10. The van der Waals surface area contributed by atoms with E-state index in [-0.39, 0.29) is 12.2 Å². The maximum Gasteiger partial charge on any atom is 0.182 e. The van der Waals surface area contributed by atoms with E-state index in [0.29, 0.717) is 5.82 Å². The molecule has 2 heterocycles. The highest BCUT2D eigenvalue weighted by Gasteiger charge is 2.34. The Morgan fingerprint density at radius 1 is 1.56 bits per heavy atom. The maximum absolute atomic E-state index is 12.1. The Bertz CT molecular complexity index is 380. The lowest BCUT2D eigenvalue weighted by atomic mass is 9.85. The molecule has 1 fully saturated rings. The second-order valence-electron chi connectivity index (χ2n) is 4.51. The predicted molar refractivity (Wildman–Crippen MR) is 57.8 cm³/mol. The third-order valence-corrected chi connectivity index (χ3v) is 3.10. The van der Waals surface area contributed by atoms with Crippen LogP contribution in [0.3, 0.4) is 0 Å². The number of rotatable bonds is 3. The van der Waals surface area contributed by atoms with Gasteiger partial charge in [-0.3, -0.25) is 4.79 Å². The normalized spacial score (nSPS) is 25.6. The molecule has 88 valence electrons. The zero-order chi connectivity index (χ0) is 11.6. The minimum atomic E-state index is -0.405. The fourth-order valence-corrected chi connectivity index (χ4v) is 2.03. The predicted octanol–water partition coefficient (Wildman–Crippen LogP) is -0.146. The van der Waals surface area contributed by atoms with Crippen molar-refractivity contribution in [3.05, 3.63) is 5.82 Å². The Morgan fingerprint density at radius 2 is 2.38 bits per heavy atom. The van der Waals surface area contributed by atoms with Gasteiger partial charge in [-0.05, 0) is 37.9 Å². The van der Waals surface area contributed by atoms with Gasteiger partial charge >= 0.3 is 0 Å². The first kappa shape index (κ1) is 11.2. The molecule has 0 aromatic carbocycles. The van der Waals surface area contributed by atoms with Crippen LogP contribution in [0.2, 0.25) is 0 Å². The fraction of sp³-hybridized carbons (Fsp3) is 0.800. The summed E-state index contributed by atoms with van der Waals surface area (Å²) in [6.07, 6.45) is 3.40. The molecule has 0 spiro atoms. The Hall–Kier alpha value is -1.30. The van der Waals surface area contributed by atoms with E-state index < -0.39 is 5.54 Å². The van der Waals surface area contributed by atoms with Gasteiger partial charge in [0, 0.05) is 0 Å². The average Bonchev–Trinajstić information content (AvgIpc) is 2.65. The lowest BCUT2D eigenvalue weighted by Crippen LogP contribution is -2.52. The Kier molecular flexibility index (Phi) is 3.00. The van der Waals surface area contributed by atoms with Crippen LogP contribution < -0.4 is 5.32 Å². The van der Waals surface area contributed by atoms with Crippen molar-refractivity contribution < 1.29 is 4.79 Å². The van der Waals surface area contributed by atoms with Gasteiger partial charge < -0.3 is 5.32 Å². The van der Waals surface area contributed by atoms with Crippen molar-refractivity contribution in [1.29, 1.82) is 0 Å². The highest BCUT2D eigenvalue weighted by atomic mass is 16.1. The van der Waals surface area contributed by atoms with Crippen LogP contribution in [0.15, 0.2) is 0 Å². The molecule has 1 aliphatic heterocycles. The summed E-state index contributed by atoms with van der Waals surface area (Å²) in [5.74, 6) is 0.654. The van der Waals surface area contributed by atoms with Gasteiger partial charge in [0.15, 0.2) is 11.6 Å². The summed E-state index contributed by atoms with van der Waals surface area (Å²) < 4.78 is 0. The highest BCUT2D eigenvalue weighted by Crippen LogP contribution is 2.20. The molecule has 1 unspecified atom stereocenters. The van der Waals surface area contributed by atoms with Crippen LogP contribution in [-0.2, 0) is 18.3 Å². The van der Waals surface area contributed by atoms with Gasteiger partial charge in [0.25, 0.3) is 0 Å². The van der Waals surface area contributed by atoms with Crippen molar-refractivity contribution in [2.24, 2.45) is 7.05 Å². The van der Waals surface area contributed by atoms with E-state index in [2.05, 4.69) is 20.7 Å². The Morgan fingerprint density at radius 3 is 2.94 bits per heavy atom. The monoisotopic (exact) mass is 223 g/mol. The molecular formula is C10H17N5O. The molecule has 0 bridgehead atoms. The van der Waals surface area contributed by atoms with Gasteiger partial charge in [-0.2, -0.15) is 4.80 Å². The van der Waals surface area contributed by atoms with Crippen LogP contribution in [0.1, 0.15) is 32.0 Å². The number of Topliss-reactive ketones (excluding diaryl/α,β-unsaturated/α-hetero) is 1. The van der Waals surface area contributed by atoms with Gasteiger partial charge in [-0.1, -0.05) is 0 Å². The molecule has 2 rings (SSSR count). The number of nitrogens with zero attached hydrogens (tertiary/aromatic N) is 4. The minimum absolute atomic E-state index is 0.153. The van der Waals surface area contributed by atoms with Crippen LogP contribution in [0.4, 0.5) is 0 Å². The van der Waals surface area contributed by atoms with E-state index in [0.717, 1.165) is 25.8 Å².